The van der Waals surface area contributed by atoms with Crippen molar-refractivity contribution in [3.63, 3.8) is 0 Å². The molecule has 0 amide bonds. The van der Waals surface area contributed by atoms with Crippen LogP contribution in [0.25, 0.3) is 5.57 Å². The van der Waals surface area contributed by atoms with Crippen LogP contribution in [-0.4, -0.2) is 0 Å². The second kappa shape index (κ2) is 3.50. The molecule has 0 aliphatic carbocycles. The van der Waals surface area contributed by atoms with Crippen molar-refractivity contribution in [3.8, 4) is 0 Å². The first-order valence-corrected chi connectivity index (χ1v) is 4.26. The number of benzene rings is 1. The predicted octanol–water partition coefficient (Wildman–Crippen LogP) is 3.48. The minimum absolute atomic E-state index is 0.249. The van der Waals surface area contributed by atoms with Gasteiger partial charge in [0.15, 0.2) is 0 Å². The van der Waals surface area contributed by atoms with Crippen molar-refractivity contribution in [2.75, 3.05) is 0 Å². The van der Waals surface area contributed by atoms with Crippen LogP contribution in [-0.2, 0) is 0 Å². The lowest BCUT2D eigenvalue weighted by Crippen LogP contribution is -1.83. The number of furan rings is 1. The van der Waals surface area contributed by atoms with Gasteiger partial charge in [-0.3, -0.25) is 0 Å². The lowest BCUT2D eigenvalue weighted by atomic mass is 10.1. The summed E-state index contributed by atoms with van der Waals surface area (Å²) in [5.74, 6) is 0.456. The summed E-state index contributed by atoms with van der Waals surface area (Å²) < 4.78 is 17.8. The Labute approximate surface area is 81.5 Å². The van der Waals surface area contributed by atoms with Gasteiger partial charge >= 0.3 is 0 Å². The van der Waals surface area contributed by atoms with Crippen LogP contribution < -0.4 is 0 Å². The molecule has 0 spiro atoms. The number of hydrogen-bond donors (Lipinski definition) is 0. The highest BCUT2D eigenvalue weighted by atomic mass is 19.1. The first-order chi connectivity index (χ1) is 6.77. The van der Waals surface area contributed by atoms with Gasteiger partial charge in [-0.1, -0.05) is 18.7 Å². The fourth-order valence-electron chi connectivity index (χ4n) is 1.24. The van der Waals surface area contributed by atoms with Gasteiger partial charge < -0.3 is 4.42 Å². The number of rotatable bonds is 2. The van der Waals surface area contributed by atoms with Gasteiger partial charge in [-0.05, 0) is 29.8 Å². The largest absolute Gasteiger partial charge is 0.464 e. The molecular weight excluding hydrogens is 179 g/mol. The molecule has 1 nitrogen and oxygen atoms in total. The zero-order valence-electron chi connectivity index (χ0n) is 7.53. The van der Waals surface area contributed by atoms with Crippen LogP contribution in [0.4, 0.5) is 4.39 Å². The molecule has 14 heavy (non-hydrogen) atoms. The third kappa shape index (κ3) is 1.59. The molecule has 0 saturated heterocycles. The normalized spacial score (nSPS) is 10.1. The number of halogens is 1. The monoisotopic (exact) mass is 188 g/mol. The van der Waals surface area contributed by atoms with E-state index in [1.54, 1.807) is 24.5 Å². The van der Waals surface area contributed by atoms with Crippen molar-refractivity contribution in [2.45, 2.75) is 0 Å². The highest BCUT2D eigenvalue weighted by molar-refractivity contribution is 5.74. The van der Waals surface area contributed by atoms with Crippen molar-refractivity contribution >= 4 is 5.57 Å². The highest BCUT2D eigenvalue weighted by Gasteiger charge is 2.04. The molecule has 0 radical (unpaired) electrons. The van der Waals surface area contributed by atoms with Crippen LogP contribution >= 0.6 is 0 Å². The van der Waals surface area contributed by atoms with Crippen molar-refractivity contribution in [1.29, 1.82) is 0 Å². The Balaban J connectivity index is 2.33. The first-order valence-electron chi connectivity index (χ1n) is 4.26. The Morgan fingerprint density at radius 2 is 1.86 bits per heavy atom. The van der Waals surface area contributed by atoms with E-state index in [4.69, 9.17) is 4.42 Å². The van der Waals surface area contributed by atoms with E-state index in [-0.39, 0.29) is 5.82 Å². The number of hydrogen-bond acceptors (Lipinski definition) is 1. The molecular formula is C12H9FO. The maximum Gasteiger partial charge on any atom is 0.133 e. The van der Waals surface area contributed by atoms with Crippen molar-refractivity contribution < 1.29 is 8.81 Å². The molecule has 0 aliphatic heterocycles. The van der Waals surface area contributed by atoms with E-state index < -0.39 is 0 Å². The predicted molar refractivity (Wildman–Crippen MR) is 53.2 cm³/mol. The van der Waals surface area contributed by atoms with Crippen molar-refractivity contribution in [1.82, 2.24) is 0 Å². The zero-order chi connectivity index (χ0) is 9.97. The third-order valence-corrected chi connectivity index (χ3v) is 2.01. The van der Waals surface area contributed by atoms with E-state index in [0.717, 1.165) is 11.1 Å². The zero-order valence-corrected chi connectivity index (χ0v) is 7.53. The Morgan fingerprint density at radius 3 is 2.43 bits per heavy atom. The maximum absolute atomic E-state index is 12.6. The van der Waals surface area contributed by atoms with Gasteiger partial charge in [-0.2, -0.15) is 0 Å². The van der Waals surface area contributed by atoms with Gasteiger partial charge in [0.2, 0.25) is 0 Å². The Kier molecular flexibility index (Phi) is 2.19. The van der Waals surface area contributed by atoms with E-state index in [1.165, 1.54) is 12.1 Å². The summed E-state index contributed by atoms with van der Waals surface area (Å²) in [5, 5.41) is 0. The summed E-state index contributed by atoms with van der Waals surface area (Å²) in [4.78, 5) is 0. The molecule has 0 saturated carbocycles. The molecule has 0 aliphatic rings. The van der Waals surface area contributed by atoms with Crippen LogP contribution in [0.3, 0.4) is 0 Å². The van der Waals surface area contributed by atoms with Gasteiger partial charge in [0.05, 0.1) is 6.26 Å². The van der Waals surface area contributed by atoms with Crippen LogP contribution in [0.5, 0.6) is 0 Å². The minimum atomic E-state index is -0.249. The second-order valence-electron chi connectivity index (χ2n) is 2.96. The summed E-state index contributed by atoms with van der Waals surface area (Å²) >= 11 is 0. The van der Waals surface area contributed by atoms with Gasteiger partial charge in [-0.15, -0.1) is 0 Å². The molecule has 0 fully saturated rings. The van der Waals surface area contributed by atoms with Crippen LogP contribution in [0.1, 0.15) is 11.3 Å². The third-order valence-electron chi connectivity index (χ3n) is 2.01. The van der Waals surface area contributed by atoms with E-state index in [9.17, 15) is 4.39 Å². The minimum Gasteiger partial charge on any atom is -0.464 e. The molecule has 1 aromatic heterocycles. The summed E-state index contributed by atoms with van der Waals surface area (Å²) in [7, 11) is 0. The van der Waals surface area contributed by atoms with Gasteiger partial charge in [0, 0.05) is 5.57 Å². The van der Waals surface area contributed by atoms with E-state index >= 15 is 0 Å². The standard InChI is InChI=1S/C12H9FO/c1-9(12-3-2-8-14-12)10-4-6-11(13)7-5-10/h2-8H,1H2. The highest BCUT2D eigenvalue weighted by Crippen LogP contribution is 2.21. The summed E-state index contributed by atoms with van der Waals surface area (Å²) in [6, 6.07) is 9.79. The average Bonchev–Trinajstić information content (AvgIpc) is 2.71. The van der Waals surface area contributed by atoms with Gasteiger partial charge in [0.1, 0.15) is 11.6 Å². The Morgan fingerprint density at radius 1 is 1.14 bits per heavy atom. The van der Waals surface area contributed by atoms with Crippen molar-refractivity contribution in [3.05, 3.63) is 66.4 Å². The van der Waals surface area contributed by atoms with E-state index in [2.05, 4.69) is 6.58 Å². The Hall–Kier alpha value is -1.83. The fourth-order valence-corrected chi connectivity index (χ4v) is 1.24. The molecule has 0 unspecified atom stereocenters. The van der Waals surface area contributed by atoms with Gasteiger partial charge in [0.25, 0.3) is 0 Å². The summed E-state index contributed by atoms with van der Waals surface area (Å²) in [6.07, 6.45) is 1.59. The Bertz CT molecular complexity index is 426. The summed E-state index contributed by atoms with van der Waals surface area (Å²) in [6.45, 7) is 3.88. The van der Waals surface area contributed by atoms with E-state index in [0.29, 0.717) is 5.76 Å². The molecule has 0 atom stereocenters. The molecule has 1 aromatic carbocycles. The molecule has 2 heteroatoms. The lowest BCUT2D eigenvalue weighted by molar-refractivity contribution is 0.554. The smallest absolute Gasteiger partial charge is 0.133 e. The molecule has 2 rings (SSSR count). The van der Waals surface area contributed by atoms with Gasteiger partial charge in [-0.25, -0.2) is 4.39 Å². The fraction of sp³-hybridized carbons (Fsp3) is 0. The molecule has 0 bridgehead atoms. The first kappa shape index (κ1) is 8.75. The SMILES string of the molecule is C=C(c1ccc(F)cc1)c1ccco1. The van der Waals surface area contributed by atoms with E-state index in [1.807, 2.05) is 6.07 Å². The topological polar surface area (TPSA) is 13.1 Å². The van der Waals surface area contributed by atoms with Crippen LogP contribution in [0, 0.1) is 5.82 Å². The van der Waals surface area contributed by atoms with Crippen LogP contribution in [0.15, 0.2) is 53.7 Å². The average molecular weight is 188 g/mol. The molecule has 2 aromatic rings. The molecule has 0 N–H and O–H groups in total. The molecule has 70 valence electrons. The van der Waals surface area contributed by atoms with Crippen LogP contribution in [0.2, 0.25) is 0 Å². The second-order valence-corrected chi connectivity index (χ2v) is 2.96. The molecule has 1 heterocycles. The lowest BCUT2D eigenvalue weighted by Gasteiger charge is -2.01. The summed E-state index contributed by atoms with van der Waals surface area (Å²) in [5.41, 5.74) is 1.62. The van der Waals surface area contributed by atoms with Crippen molar-refractivity contribution in [2.24, 2.45) is 0 Å². The maximum atomic E-state index is 12.6. The quantitative estimate of drug-likeness (QED) is 0.703.